The second-order valence-corrected chi connectivity index (χ2v) is 4.54. The average molecular weight is 262 g/mol. The summed E-state index contributed by atoms with van der Waals surface area (Å²) in [6, 6.07) is 4.02. The molecule has 0 radical (unpaired) electrons. The van der Waals surface area contributed by atoms with Gasteiger partial charge < -0.3 is 4.90 Å². The van der Waals surface area contributed by atoms with Gasteiger partial charge in [0.2, 0.25) is 5.91 Å². The molecular formula is C11H10Cl2FNO. The lowest BCUT2D eigenvalue weighted by Crippen LogP contribution is -2.25. The van der Waals surface area contributed by atoms with Crippen LogP contribution >= 0.6 is 23.2 Å². The number of alkyl halides is 1. The first-order chi connectivity index (χ1) is 7.61. The van der Waals surface area contributed by atoms with Crippen LogP contribution in [0.25, 0.3) is 0 Å². The number of nitrogens with zero attached hydrogens (tertiary/aromatic N) is 1. The van der Waals surface area contributed by atoms with Gasteiger partial charge in [-0.15, -0.1) is 11.6 Å². The maximum absolute atomic E-state index is 12.9. The molecule has 0 aromatic heterocycles. The Labute approximate surface area is 103 Å². The molecule has 0 spiro atoms. The SMILES string of the molecule is O=C1CC(CCl)CN1c1ccc(F)cc1Cl. The van der Waals surface area contributed by atoms with Gasteiger partial charge in [-0.1, -0.05) is 11.6 Å². The van der Waals surface area contributed by atoms with Crippen LogP contribution in [-0.2, 0) is 4.79 Å². The molecule has 0 aliphatic carbocycles. The lowest BCUT2D eigenvalue weighted by atomic mass is 10.1. The minimum atomic E-state index is -0.408. The molecule has 1 amide bonds. The van der Waals surface area contributed by atoms with E-state index in [1.165, 1.54) is 18.2 Å². The van der Waals surface area contributed by atoms with Gasteiger partial charge in [0.25, 0.3) is 0 Å². The minimum absolute atomic E-state index is 0.0147. The number of amides is 1. The van der Waals surface area contributed by atoms with Gasteiger partial charge in [-0.3, -0.25) is 4.79 Å². The summed E-state index contributed by atoms with van der Waals surface area (Å²) in [5, 5.41) is 0.253. The van der Waals surface area contributed by atoms with Gasteiger partial charge in [0, 0.05) is 18.8 Å². The second-order valence-electron chi connectivity index (χ2n) is 3.82. The van der Waals surface area contributed by atoms with E-state index in [4.69, 9.17) is 23.2 Å². The fourth-order valence-corrected chi connectivity index (χ4v) is 2.29. The maximum atomic E-state index is 12.9. The molecule has 1 unspecified atom stereocenters. The summed E-state index contributed by atoms with van der Waals surface area (Å²) < 4.78 is 12.9. The van der Waals surface area contributed by atoms with Crippen LogP contribution in [0.1, 0.15) is 6.42 Å². The fraction of sp³-hybridized carbons (Fsp3) is 0.364. The molecule has 5 heteroatoms. The Morgan fingerprint density at radius 1 is 1.50 bits per heavy atom. The third-order valence-corrected chi connectivity index (χ3v) is 3.36. The third-order valence-electron chi connectivity index (χ3n) is 2.62. The maximum Gasteiger partial charge on any atom is 0.227 e. The van der Waals surface area contributed by atoms with E-state index in [1.807, 2.05) is 0 Å². The highest BCUT2D eigenvalue weighted by Gasteiger charge is 2.30. The second kappa shape index (κ2) is 4.60. The van der Waals surface area contributed by atoms with Crippen LogP contribution < -0.4 is 4.90 Å². The van der Waals surface area contributed by atoms with Crippen molar-refractivity contribution in [3.63, 3.8) is 0 Å². The Bertz CT molecular complexity index is 424. The Kier molecular flexibility index (Phi) is 3.36. The van der Waals surface area contributed by atoms with Crippen molar-refractivity contribution < 1.29 is 9.18 Å². The Hall–Kier alpha value is -0.800. The summed E-state index contributed by atoms with van der Waals surface area (Å²) in [4.78, 5) is 13.3. The van der Waals surface area contributed by atoms with Gasteiger partial charge in [0.15, 0.2) is 0 Å². The predicted octanol–water partition coefficient (Wildman–Crippen LogP) is 3.07. The topological polar surface area (TPSA) is 20.3 Å². The first kappa shape index (κ1) is 11.7. The summed E-state index contributed by atoms with van der Waals surface area (Å²) in [5.74, 6) is 0.171. The van der Waals surface area contributed by atoms with E-state index in [0.717, 1.165) is 0 Å². The molecule has 86 valence electrons. The molecule has 2 rings (SSSR count). The third kappa shape index (κ3) is 2.15. The monoisotopic (exact) mass is 261 g/mol. The minimum Gasteiger partial charge on any atom is -0.311 e. The molecule has 0 saturated carbocycles. The van der Waals surface area contributed by atoms with Crippen molar-refractivity contribution >= 4 is 34.8 Å². The molecule has 1 aromatic carbocycles. The number of halogens is 3. The fourth-order valence-electron chi connectivity index (χ4n) is 1.82. The Morgan fingerprint density at radius 3 is 2.81 bits per heavy atom. The number of rotatable bonds is 2. The first-order valence-corrected chi connectivity index (χ1v) is 5.84. The van der Waals surface area contributed by atoms with Crippen LogP contribution in [0.2, 0.25) is 5.02 Å². The predicted molar refractivity (Wildman–Crippen MR) is 62.6 cm³/mol. The smallest absolute Gasteiger partial charge is 0.227 e. The van der Waals surface area contributed by atoms with Crippen molar-refractivity contribution in [2.75, 3.05) is 17.3 Å². The van der Waals surface area contributed by atoms with Crippen molar-refractivity contribution in [1.29, 1.82) is 0 Å². The van der Waals surface area contributed by atoms with Crippen molar-refractivity contribution in [3.8, 4) is 0 Å². The van der Waals surface area contributed by atoms with Crippen molar-refractivity contribution in [3.05, 3.63) is 29.0 Å². The van der Waals surface area contributed by atoms with E-state index in [-0.39, 0.29) is 16.8 Å². The van der Waals surface area contributed by atoms with E-state index in [9.17, 15) is 9.18 Å². The Balaban J connectivity index is 2.28. The summed E-state index contributed by atoms with van der Waals surface area (Å²) >= 11 is 11.6. The number of carbonyl (C=O) groups excluding carboxylic acids is 1. The molecular weight excluding hydrogens is 252 g/mol. The highest BCUT2D eigenvalue weighted by molar-refractivity contribution is 6.33. The van der Waals surface area contributed by atoms with Gasteiger partial charge in [-0.2, -0.15) is 0 Å². The zero-order valence-corrected chi connectivity index (χ0v) is 9.93. The molecule has 16 heavy (non-hydrogen) atoms. The number of benzene rings is 1. The van der Waals surface area contributed by atoms with Gasteiger partial charge in [-0.05, 0) is 24.1 Å². The first-order valence-electron chi connectivity index (χ1n) is 4.93. The van der Waals surface area contributed by atoms with Crippen LogP contribution in [0.3, 0.4) is 0 Å². The van der Waals surface area contributed by atoms with E-state index in [2.05, 4.69) is 0 Å². The van der Waals surface area contributed by atoms with Gasteiger partial charge >= 0.3 is 0 Å². The van der Waals surface area contributed by atoms with Gasteiger partial charge in [-0.25, -0.2) is 4.39 Å². The average Bonchev–Trinajstić information content (AvgIpc) is 2.60. The zero-order chi connectivity index (χ0) is 11.7. The standard InChI is InChI=1S/C11H10Cl2FNO/c12-5-7-3-11(16)15(6-7)10-2-1-8(14)4-9(10)13/h1-2,4,7H,3,5-6H2. The van der Waals surface area contributed by atoms with Gasteiger partial charge in [0.05, 0.1) is 10.7 Å². The molecule has 2 nitrogen and oxygen atoms in total. The molecule has 1 aliphatic heterocycles. The van der Waals surface area contributed by atoms with Gasteiger partial charge in [0.1, 0.15) is 5.82 Å². The van der Waals surface area contributed by atoms with Crippen LogP contribution in [0.4, 0.5) is 10.1 Å². The lowest BCUT2D eigenvalue weighted by Gasteiger charge is -2.17. The summed E-state index contributed by atoms with van der Waals surface area (Å²) in [6.45, 7) is 0.549. The molecule has 1 fully saturated rings. The van der Waals surface area contributed by atoms with Crippen molar-refractivity contribution in [2.24, 2.45) is 5.92 Å². The quantitative estimate of drug-likeness (QED) is 0.750. The number of anilines is 1. The van der Waals surface area contributed by atoms with Crippen LogP contribution in [0.15, 0.2) is 18.2 Å². The number of carbonyl (C=O) groups is 1. The van der Waals surface area contributed by atoms with Crippen LogP contribution in [-0.4, -0.2) is 18.3 Å². The lowest BCUT2D eigenvalue weighted by molar-refractivity contribution is -0.117. The molecule has 1 aromatic rings. The molecule has 1 saturated heterocycles. The summed E-state index contributed by atoms with van der Waals surface area (Å²) in [5.41, 5.74) is 0.556. The summed E-state index contributed by atoms with van der Waals surface area (Å²) in [6.07, 6.45) is 0.428. The molecule has 1 atom stereocenters. The summed E-state index contributed by atoms with van der Waals surface area (Å²) in [7, 11) is 0. The highest BCUT2D eigenvalue weighted by Crippen LogP contribution is 2.31. The van der Waals surface area contributed by atoms with Crippen molar-refractivity contribution in [2.45, 2.75) is 6.42 Å². The van der Waals surface area contributed by atoms with E-state index >= 15 is 0 Å². The van der Waals surface area contributed by atoms with E-state index < -0.39 is 5.82 Å². The highest BCUT2D eigenvalue weighted by atomic mass is 35.5. The van der Waals surface area contributed by atoms with Crippen LogP contribution in [0, 0.1) is 11.7 Å². The molecule has 0 bridgehead atoms. The number of hydrogen-bond acceptors (Lipinski definition) is 1. The molecule has 0 N–H and O–H groups in total. The molecule has 1 aliphatic rings. The van der Waals surface area contributed by atoms with Crippen molar-refractivity contribution in [1.82, 2.24) is 0 Å². The van der Waals surface area contributed by atoms with Crippen LogP contribution in [0.5, 0.6) is 0 Å². The normalized spacial score (nSPS) is 20.6. The molecule has 1 heterocycles. The van der Waals surface area contributed by atoms with E-state index in [1.54, 1.807) is 4.90 Å². The Morgan fingerprint density at radius 2 is 2.25 bits per heavy atom. The van der Waals surface area contributed by atoms with E-state index in [0.29, 0.717) is 24.5 Å². The largest absolute Gasteiger partial charge is 0.311 e. The number of hydrogen-bond donors (Lipinski definition) is 0. The zero-order valence-electron chi connectivity index (χ0n) is 8.42.